The fraction of sp³-hybridized carbons (Fsp3) is 0.421. The summed E-state index contributed by atoms with van der Waals surface area (Å²) < 4.78 is 34.2. The second kappa shape index (κ2) is 8.28. The van der Waals surface area contributed by atoms with E-state index in [0.29, 0.717) is 17.9 Å². The Hall–Kier alpha value is -2.77. The van der Waals surface area contributed by atoms with E-state index in [1.54, 1.807) is 20.8 Å². The highest BCUT2D eigenvalue weighted by atomic mass is 19.2. The van der Waals surface area contributed by atoms with Gasteiger partial charge in [-0.05, 0) is 51.3 Å². The second-order valence-corrected chi connectivity index (χ2v) is 7.16. The molecule has 1 amide bonds. The molecule has 2 rings (SSSR count). The molecule has 1 aromatic heterocycles. The minimum absolute atomic E-state index is 0.0326. The van der Waals surface area contributed by atoms with E-state index >= 15 is 0 Å². The van der Waals surface area contributed by atoms with Gasteiger partial charge in [-0.15, -0.1) is 0 Å². The second-order valence-electron chi connectivity index (χ2n) is 7.16. The summed E-state index contributed by atoms with van der Waals surface area (Å²) in [5, 5.41) is 11.2. The molecule has 2 aromatic rings. The Morgan fingerprint density at radius 3 is 2.63 bits per heavy atom. The van der Waals surface area contributed by atoms with Gasteiger partial charge in [0.15, 0.2) is 11.6 Å². The minimum atomic E-state index is -1.11. The van der Waals surface area contributed by atoms with Crippen LogP contribution in [0.5, 0.6) is 5.75 Å². The molecular weight excluding hydrogens is 356 g/mol. The van der Waals surface area contributed by atoms with E-state index in [0.717, 1.165) is 0 Å². The lowest BCUT2D eigenvalue weighted by molar-refractivity contribution is 0.168. The van der Waals surface area contributed by atoms with Gasteiger partial charge in [0.05, 0.1) is 12.3 Å². The number of aromatic nitrogens is 2. The lowest BCUT2D eigenvalue weighted by Crippen LogP contribution is -2.44. The predicted octanol–water partition coefficient (Wildman–Crippen LogP) is 4.18. The van der Waals surface area contributed by atoms with E-state index in [1.807, 2.05) is 6.92 Å². The number of ether oxygens (including phenoxy) is 1. The van der Waals surface area contributed by atoms with Crippen LogP contribution in [0.3, 0.4) is 0 Å². The van der Waals surface area contributed by atoms with E-state index < -0.39 is 23.3 Å². The van der Waals surface area contributed by atoms with Gasteiger partial charge < -0.3 is 15.2 Å². The average Bonchev–Trinajstić information content (AvgIpc) is 2.54. The zero-order chi connectivity index (χ0) is 20.2. The first-order chi connectivity index (χ1) is 12.6. The molecule has 0 aliphatic rings. The topological polar surface area (TPSA) is 84.3 Å². The summed E-state index contributed by atoms with van der Waals surface area (Å²) in [5.74, 6) is -1.94. The standard InChI is InChI=1S/C19H23F2N3O3/c1-11(9-19(3,4)24-18(25)26)10-27-15-6-5-13(16(20)17(15)21)14-7-8-22-12(2)23-14/h5-8,11,24H,9-10H2,1-4H3,(H,25,26)/t11-/m0/s1. The van der Waals surface area contributed by atoms with Crippen LogP contribution in [0.25, 0.3) is 11.3 Å². The average molecular weight is 379 g/mol. The number of nitrogens with one attached hydrogen (secondary N) is 1. The van der Waals surface area contributed by atoms with E-state index in [-0.39, 0.29) is 23.8 Å². The summed E-state index contributed by atoms with van der Waals surface area (Å²) in [6.45, 7) is 7.12. The summed E-state index contributed by atoms with van der Waals surface area (Å²) in [7, 11) is 0. The largest absolute Gasteiger partial charge is 0.490 e. The lowest BCUT2D eigenvalue weighted by Gasteiger charge is -2.28. The summed E-state index contributed by atoms with van der Waals surface area (Å²) in [6.07, 6.45) is 0.840. The van der Waals surface area contributed by atoms with Crippen molar-refractivity contribution in [3.63, 3.8) is 0 Å². The van der Waals surface area contributed by atoms with Gasteiger partial charge in [0.25, 0.3) is 0 Å². The molecule has 0 aliphatic heterocycles. The fourth-order valence-corrected chi connectivity index (χ4v) is 2.95. The van der Waals surface area contributed by atoms with Crippen LogP contribution in [-0.2, 0) is 0 Å². The highest BCUT2D eigenvalue weighted by Gasteiger charge is 2.24. The number of hydrogen-bond donors (Lipinski definition) is 2. The quantitative estimate of drug-likeness (QED) is 0.754. The predicted molar refractivity (Wildman–Crippen MR) is 96.6 cm³/mol. The van der Waals surface area contributed by atoms with Gasteiger partial charge in [-0.2, -0.15) is 4.39 Å². The minimum Gasteiger partial charge on any atom is -0.490 e. The van der Waals surface area contributed by atoms with Crippen LogP contribution in [0, 0.1) is 24.5 Å². The molecule has 0 bridgehead atoms. The third kappa shape index (κ3) is 5.60. The van der Waals surface area contributed by atoms with Crippen LogP contribution in [0.15, 0.2) is 24.4 Å². The third-order valence-electron chi connectivity index (χ3n) is 3.93. The van der Waals surface area contributed by atoms with Gasteiger partial charge >= 0.3 is 6.09 Å². The Morgan fingerprint density at radius 2 is 2.00 bits per heavy atom. The van der Waals surface area contributed by atoms with Crippen molar-refractivity contribution in [1.29, 1.82) is 0 Å². The molecule has 146 valence electrons. The molecule has 8 heteroatoms. The maximum atomic E-state index is 14.4. The number of nitrogens with zero attached hydrogens (tertiary/aromatic N) is 2. The summed E-state index contributed by atoms with van der Waals surface area (Å²) in [6, 6.07) is 4.28. The van der Waals surface area contributed by atoms with Crippen molar-refractivity contribution in [3.05, 3.63) is 41.9 Å². The third-order valence-corrected chi connectivity index (χ3v) is 3.93. The van der Waals surface area contributed by atoms with Crippen molar-refractivity contribution >= 4 is 6.09 Å². The molecule has 1 atom stereocenters. The molecule has 6 nitrogen and oxygen atoms in total. The number of benzene rings is 1. The smallest absolute Gasteiger partial charge is 0.405 e. The van der Waals surface area contributed by atoms with Crippen molar-refractivity contribution in [2.24, 2.45) is 5.92 Å². The zero-order valence-electron chi connectivity index (χ0n) is 15.7. The Morgan fingerprint density at radius 1 is 1.30 bits per heavy atom. The number of carbonyl (C=O) groups is 1. The lowest BCUT2D eigenvalue weighted by atomic mass is 9.92. The molecule has 0 unspecified atom stereocenters. The van der Waals surface area contributed by atoms with Crippen molar-refractivity contribution in [2.45, 2.75) is 39.7 Å². The molecule has 0 aliphatic carbocycles. The Kier molecular flexibility index (Phi) is 6.30. The van der Waals surface area contributed by atoms with Gasteiger partial charge in [0, 0.05) is 17.3 Å². The molecule has 1 aromatic carbocycles. The summed E-state index contributed by atoms with van der Waals surface area (Å²) in [4.78, 5) is 18.8. The normalized spacial score (nSPS) is 12.5. The van der Waals surface area contributed by atoms with Crippen LogP contribution < -0.4 is 10.1 Å². The first kappa shape index (κ1) is 20.5. The Balaban J connectivity index is 2.08. The SMILES string of the molecule is Cc1nccc(-c2ccc(OC[C@@H](C)CC(C)(C)NC(=O)O)c(F)c2F)n1. The van der Waals surface area contributed by atoms with Gasteiger partial charge in [-0.25, -0.2) is 19.2 Å². The van der Waals surface area contributed by atoms with Crippen LogP contribution in [-0.4, -0.2) is 33.3 Å². The molecule has 2 N–H and O–H groups in total. The molecule has 0 fully saturated rings. The van der Waals surface area contributed by atoms with Crippen LogP contribution >= 0.6 is 0 Å². The Bertz CT molecular complexity index is 828. The number of aryl methyl sites for hydroxylation is 1. The first-order valence-electron chi connectivity index (χ1n) is 8.51. The van der Waals surface area contributed by atoms with Crippen LogP contribution in [0.1, 0.15) is 33.0 Å². The molecule has 1 heterocycles. The van der Waals surface area contributed by atoms with Crippen molar-refractivity contribution < 1.29 is 23.4 Å². The molecule has 0 spiro atoms. The molecular formula is C19H23F2N3O3. The number of hydrogen-bond acceptors (Lipinski definition) is 4. The number of amides is 1. The van der Waals surface area contributed by atoms with E-state index in [1.165, 1.54) is 24.4 Å². The first-order valence-corrected chi connectivity index (χ1v) is 8.51. The Labute approximate surface area is 156 Å². The van der Waals surface area contributed by atoms with Gasteiger partial charge in [-0.3, -0.25) is 0 Å². The zero-order valence-corrected chi connectivity index (χ0v) is 15.7. The molecule has 0 saturated heterocycles. The maximum Gasteiger partial charge on any atom is 0.405 e. The van der Waals surface area contributed by atoms with Gasteiger partial charge in [0.2, 0.25) is 5.82 Å². The molecule has 0 saturated carbocycles. The monoisotopic (exact) mass is 379 g/mol. The molecule has 0 radical (unpaired) electrons. The summed E-state index contributed by atoms with van der Waals surface area (Å²) in [5.41, 5.74) is -0.335. The fourth-order valence-electron chi connectivity index (χ4n) is 2.95. The maximum absolute atomic E-state index is 14.4. The number of rotatable bonds is 7. The van der Waals surface area contributed by atoms with Crippen LogP contribution in [0.4, 0.5) is 13.6 Å². The highest BCUT2D eigenvalue weighted by molar-refractivity contribution is 5.65. The van der Waals surface area contributed by atoms with Crippen LogP contribution in [0.2, 0.25) is 0 Å². The summed E-state index contributed by atoms with van der Waals surface area (Å²) >= 11 is 0. The van der Waals surface area contributed by atoms with Gasteiger partial charge in [0.1, 0.15) is 5.82 Å². The van der Waals surface area contributed by atoms with Crippen molar-refractivity contribution in [3.8, 4) is 17.0 Å². The number of halogens is 2. The van der Waals surface area contributed by atoms with Crippen molar-refractivity contribution in [2.75, 3.05) is 6.61 Å². The van der Waals surface area contributed by atoms with E-state index in [9.17, 15) is 13.6 Å². The molecule has 27 heavy (non-hydrogen) atoms. The number of carboxylic acid groups (broad SMARTS) is 1. The van der Waals surface area contributed by atoms with E-state index in [4.69, 9.17) is 9.84 Å². The van der Waals surface area contributed by atoms with E-state index in [2.05, 4.69) is 15.3 Å². The van der Waals surface area contributed by atoms with Crippen molar-refractivity contribution in [1.82, 2.24) is 15.3 Å². The van der Waals surface area contributed by atoms with Gasteiger partial charge in [-0.1, -0.05) is 6.92 Å². The highest BCUT2D eigenvalue weighted by Crippen LogP contribution is 2.29.